The Morgan fingerprint density at radius 2 is 1.06 bits per heavy atom. The van der Waals surface area contributed by atoms with Gasteiger partial charge in [0, 0.05) is 0 Å². The van der Waals surface area contributed by atoms with Crippen LogP contribution < -0.4 is 0 Å². The first kappa shape index (κ1) is 17.0. The zero-order chi connectivity index (χ0) is 12.8. The predicted molar refractivity (Wildman–Crippen MR) is 80.5 cm³/mol. The molecule has 1 aliphatic carbocycles. The van der Waals surface area contributed by atoms with Crippen LogP contribution in [0.3, 0.4) is 0 Å². The van der Waals surface area contributed by atoms with E-state index in [1.54, 1.807) is 0 Å². The van der Waals surface area contributed by atoms with Crippen molar-refractivity contribution in [1.29, 1.82) is 0 Å². The first-order valence-corrected chi connectivity index (χ1v) is 8.27. The van der Waals surface area contributed by atoms with Crippen molar-refractivity contribution >= 4 is 0 Å². The quantitative estimate of drug-likeness (QED) is 0.356. The van der Waals surface area contributed by atoms with Gasteiger partial charge in [-0.1, -0.05) is 104 Å². The Labute approximate surface area is 111 Å². The maximum atomic E-state index is 2.31. The third-order valence-electron chi connectivity index (χ3n) is 3.64. The van der Waals surface area contributed by atoms with E-state index in [4.69, 9.17) is 0 Å². The summed E-state index contributed by atoms with van der Waals surface area (Å²) >= 11 is 0. The molecule has 0 aromatic rings. The lowest BCUT2D eigenvalue weighted by molar-refractivity contribution is 0.518. The Balaban J connectivity index is 0.000000318. The molecule has 104 valence electrons. The smallest absolute Gasteiger partial charge is 0.0471 e. The molecular weight excluding hydrogens is 204 g/mol. The van der Waals surface area contributed by atoms with Gasteiger partial charge in [-0.05, 0) is 5.92 Å². The number of hydrogen-bond acceptors (Lipinski definition) is 0. The minimum absolute atomic E-state index is 0.904. The van der Waals surface area contributed by atoms with Crippen LogP contribution >= 0.6 is 0 Å². The zero-order valence-corrected chi connectivity index (χ0v) is 12.8. The van der Waals surface area contributed by atoms with E-state index in [9.17, 15) is 0 Å². The van der Waals surface area contributed by atoms with Crippen molar-refractivity contribution in [3.05, 3.63) is 0 Å². The molecule has 0 saturated heterocycles. The van der Waals surface area contributed by atoms with Gasteiger partial charge in [0.25, 0.3) is 0 Å². The summed E-state index contributed by atoms with van der Waals surface area (Å²) < 4.78 is 0. The molecule has 0 amide bonds. The van der Waals surface area contributed by atoms with Gasteiger partial charge < -0.3 is 0 Å². The second-order valence-corrected chi connectivity index (χ2v) is 6.07. The summed E-state index contributed by atoms with van der Waals surface area (Å²) in [6, 6.07) is 0. The maximum absolute atomic E-state index is 2.31. The molecule has 0 aromatic carbocycles. The van der Waals surface area contributed by atoms with E-state index in [0.717, 1.165) is 5.92 Å². The highest BCUT2D eigenvalue weighted by atomic mass is 14.0. The molecule has 0 nitrogen and oxygen atoms in total. The van der Waals surface area contributed by atoms with Crippen LogP contribution in [0.15, 0.2) is 0 Å². The van der Waals surface area contributed by atoms with E-state index in [2.05, 4.69) is 20.8 Å². The van der Waals surface area contributed by atoms with Gasteiger partial charge in [0.2, 0.25) is 0 Å². The Hall–Kier alpha value is 0. The van der Waals surface area contributed by atoms with Crippen molar-refractivity contribution in [3.63, 3.8) is 0 Å². The Morgan fingerprint density at radius 3 is 1.41 bits per heavy atom. The molecule has 0 atom stereocenters. The fraction of sp³-hybridized carbons (Fsp3) is 1.00. The topological polar surface area (TPSA) is 0 Å². The van der Waals surface area contributed by atoms with E-state index in [-0.39, 0.29) is 0 Å². The van der Waals surface area contributed by atoms with Crippen molar-refractivity contribution in [3.8, 4) is 0 Å². The fourth-order valence-electron chi connectivity index (χ4n) is 2.39. The number of rotatable bonds is 6. The summed E-state index contributed by atoms with van der Waals surface area (Å²) in [5.41, 5.74) is 0. The molecular formula is C17H36. The van der Waals surface area contributed by atoms with Gasteiger partial charge in [0.1, 0.15) is 0 Å². The van der Waals surface area contributed by atoms with Crippen LogP contribution in [0.5, 0.6) is 0 Å². The lowest BCUT2D eigenvalue weighted by atomic mass is 10.0. The van der Waals surface area contributed by atoms with Crippen molar-refractivity contribution in [2.75, 3.05) is 0 Å². The normalized spacial score (nSPS) is 16.2. The van der Waals surface area contributed by atoms with Gasteiger partial charge in [-0.25, -0.2) is 0 Å². The summed E-state index contributed by atoms with van der Waals surface area (Å²) in [5, 5.41) is 0. The average molecular weight is 240 g/mol. The van der Waals surface area contributed by atoms with Gasteiger partial charge in [0.15, 0.2) is 0 Å². The summed E-state index contributed by atoms with van der Waals surface area (Å²) in [4.78, 5) is 0. The molecule has 1 fully saturated rings. The Bertz CT molecular complexity index is 106. The summed E-state index contributed by atoms with van der Waals surface area (Å²) in [6.07, 6.45) is 19.1. The van der Waals surface area contributed by atoms with Gasteiger partial charge in [-0.15, -0.1) is 0 Å². The fourth-order valence-corrected chi connectivity index (χ4v) is 2.39. The van der Waals surface area contributed by atoms with Gasteiger partial charge >= 0.3 is 0 Å². The third kappa shape index (κ3) is 16.0. The van der Waals surface area contributed by atoms with Crippen molar-refractivity contribution in [1.82, 2.24) is 0 Å². The first-order valence-electron chi connectivity index (χ1n) is 8.27. The third-order valence-corrected chi connectivity index (χ3v) is 3.64. The summed E-state index contributed by atoms with van der Waals surface area (Å²) in [5.74, 6) is 0.904. The zero-order valence-electron chi connectivity index (χ0n) is 12.8. The lowest BCUT2D eigenvalue weighted by Crippen LogP contribution is -1.86. The molecule has 0 aliphatic heterocycles. The van der Waals surface area contributed by atoms with Crippen LogP contribution in [0, 0.1) is 5.92 Å². The minimum Gasteiger partial charge on any atom is -0.0654 e. The lowest BCUT2D eigenvalue weighted by Gasteiger charge is -2.02. The average Bonchev–Trinajstić information content (AvgIpc) is 2.61. The van der Waals surface area contributed by atoms with E-state index in [1.165, 1.54) is 83.5 Å². The van der Waals surface area contributed by atoms with Gasteiger partial charge in [-0.2, -0.15) is 0 Å². The van der Waals surface area contributed by atoms with E-state index >= 15 is 0 Å². The van der Waals surface area contributed by atoms with Crippen molar-refractivity contribution in [2.24, 2.45) is 5.92 Å². The van der Waals surface area contributed by atoms with E-state index in [1.807, 2.05) is 0 Å². The molecule has 1 aliphatic rings. The number of hydrogen-bond donors (Lipinski definition) is 0. The molecule has 0 aromatic heterocycles. The molecule has 0 bridgehead atoms. The van der Waals surface area contributed by atoms with Gasteiger partial charge in [-0.3, -0.25) is 0 Å². The second kappa shape index (κ2) is 14.1. The maximum Gasteiger partial charge on any atom is -0.0471 e. The number of unbranched alkanes of at least 4 members (excludes halogenated alkanes) is 4. The Kier molecular flexibility index (Phi) is 14.1. The van der Waals surface area contributed by atoms with E-state index < -0.39 is 0 Å². The van der Waals surface area contributed by atoms with Crippen LogP contribution in [0.4, 0.5) is 0 Å². The molecule has 0 radical (unpaired) electrons. The van der Waals surface area contributed by atoms with Crippen LogP contribution in [-0.2, 0) is 0 Å². The summed E-state index contributed by atoms with van der Waals surface area (Å²) in [6.45, 7) is 6.88. The monoisotopic (exact) mass is 240 g/mol. The van der Waals surface area contributed by atoms with Crippen LogP contribution in [0.1, 0.15) is 104 Å². The SMILES string of the molecule is C1CCCCCC1.CCCCCCCC(C)C. The second-order valence-electron chi connectivity index (χ2n) is 6.07. The predicted octanol–water partition coefficient (Wildman–Crippen LogP) is 6.73. The van der Waals surface area contributed by atoms with Crippen molar-refractivity contribution < 1.29 is 0 Å². The highest BCUT2D eigenvalue weighted by molar-refractivity contribution is 4.51. The molecule has 0 heteroatoms. The molecule has 0 unspecified atom stereocenters. The molecule has 1 saturated carbocycles. The summed E-state index contributed by atoms with van der Waals surface area (Å²) in [7, 11) is 0. The minimum atomic E-state index is 0.904. The Morgan fingerprint density at radius 1 is 0.647 bits per heavy atom. The molecule has 0 spiro atoms. The first-order chi connectivity index (χ1) is 8.27. The highest BCUT2D eigenvalue weighted by Crippen LogP contribution is 2.15. The van der Waals surface area contributed by atoms with Crippen molar-refractivity contribution in [2.45, 2.75) is 104 Å². The highest BCUT2D eigenvalue weighted by Gasteiger charge is 1.95. The van der Waals surface area contributed by atoms with Crippen LogP contribution in [0.25, 0.3) is 0 Å². The largest absolute Gasteiger partial charge is 0.0654 e. The van der Waals surface area contributed by atoms with Crippen LogP contribution in [-0.4, -0.2) is 0 Å². The molecule has 0 N–H and O–H groups in total. The van der Waals surface area contributed by atoms with Crippen LogP contribution in [0.2, 0.25) is 0 Å². The van der Waals surface area contributed by atoms with Gasteiger partial charge in [0.05, 0.1) is 0 Å². The van der Waals surface area contributed by atoms with E-state index in [0.29, 0.717) is 0 Å². The molecule has 17 heavy (non-hydrogen) atoms. The molecule has 0 heterocycles. The standard InChI is InChI=1S/C10H22.C7H14/c1-4-5-6-7-8-9-10(2)3;1-2-4-6-7-5-3-1/h10H,4-9H2,1-3H3;1-7H2. The molecule has 1 rings (SSSR count).